The molecule has 1 aliphatic rings. The second-order valence-electron chi connectivity index (χ2n) is 6.01. The minimum absolute atomic E-state index is 0.358. The monoisotopic (exact) mass is 275 g/mol. The normalized spacial score (nSPS) is 22.5. The molecule has 0 spiro atoms. The SMILES string of the molecule is CCC1CCC(CNc2ccc(C(=O)O)cc2C)CC1. The summed E-state index contributed by atoms with van der Waals surface area (Å²) in [5.74, 6) is 0.830. The van der Waals surface area contributed by atoms with Gasteiger partial charge in [0.05, 0.1) is 5.56 Å². The van der Waals surface area contributed by atoms with E-state index in [1.54, 1.807) is 12.1 Å². The smallest absolute Gasteiger partial charge is 0.335 e. The van der Waals surface area contributed by atoms with E-state index in [4.69, 9.17) is 5.11 Å². The predicted molar refractivity (Wildman–Crippen MR) is 82.4 cm³/mol. The summed E-state index contributed by atoms with van der Waals surface area (Å²) in [5, 5.41) is 12.5. The quantitative estimate of drug-likeness (QED) is 0.841. The molecule has 1 fully saturated rings. The van der Waals surface area contributed by atoms with E-state index in [0.29, 0.717) is 5.56 Å². The van der Waals surface area contributed by atoms with E-state index in [1.165, 1.54) is 32.1 Å². The number of rotatable bonds is 5. The molecule has 2 N–H and O–H groups in total. The molecule has 0 aromatic heterocycles. The molecule has 0 bridgehead atoms. The van der Waals surface area contributed by atoms with E-state index in [1.807, 2.05) is 13.0 Å². The molecule has 0 heterocycles. The molecule has 110 valence electrons. The second kappa shape index (κ2) is 6.78. The summed E-state index contributed by atoms with van der Waals surface area (Å²) in [6.07, 6.45) is 6.67. The lowest BCUT2D eigenvalue weighted by atomic mass is 9.81. The van der Waals surface area contributed by atoms with Gasteiger partial charge in [0.2, 0.25) is 0 Å². The van der Waals surface area contributed by atoms with Crippen molar-refractivity contribution < 1.29 is 9.90 Å². The summed E-state index contributed by atoms with van der Waals surface area (Å²) in [7, 11) is 0. The molecule has 20 heavy (non-hydrogen) atoms. The van der Waals surface area contributed by atoms with E-state index in [0.717, 1.165) is 29.6 Å². The molecule has 0 amide bonds. The largest absolute Gasteiger partial charge is 0.478 e. The lowest BCUT2D eigenvalue weighted by molar-refractivity contribution is 0.0697. The van der Waals surface area contributed by atoms with Crippen molar-refractivity contribution in [1.82, 2.24) is 0 Å². The zero-order valence-electron chi connectivity index (χ0n) is 12.5. The maximum atomic E-state index is 10.9. The first-order valence-corrected chi connectivity index (χ1v) is 7.68. The van der Waals surface area contributed by atoms with Crippen LogP contribution in [-0.4, -0.2) is 17.6 Å². The highest BCUT2D eigenvalue weighted by molar-refractivity contribution is 5.88. The van der Waals surface area contributed by atoms with Crippen LogP contribution in [0.15, 0.2) is 18.2 Å². The molecule has 0 atom stereocenters. The van der Waals surface area contributed by atoms with Crippen LogP contribution in [-0.2, 0) is 0 Å². The molecule has 0 radical (unpaired) electrons. The Bertz CT molecular complexity index is 462. The van der Waals surface area contributed by atoms with Crippen molar-refractivity contribution in [2.75, 3.05) is 11.9 Å². The van der Waals surface area contributed by atoms with Gasteiger partial charge in [-0.15, -0.1) is 0 Å². The maximum absolute atomic E-state index is 10.9. The van der Waals surface area contributed by atoms with Gasteiger partial charge in [0.25, 0.3) is 0 Å². The zero-order valence-corrected chi connectivity index (χ0v) is 12.5. The number of anilines is 1. The number of hydrogen-bond donors (Lipinski definition) is 2. The molecule has 3 heteroatoms. The molecule has 0 aliphatic heterocycles. The Kier molecular flexibility index (Phi) is 5.05. The number of aryl methyl sites for hydroxylation is 1. The lowest BCUT2D eigenvalue weighted by Crippen LogP contribution is -2.21. The van der Waals surface area contributed by atoms with Gasteiger partial charge < -0.3 is 10.4 Å². The summed E-state index contributed by atoms with van der Waals surface area (Å²) >= 11 is 0. The van der Waals surface area contributed by atoms with E-state index in [9.17, 15) is 4.79 Å². The minimum atomic E-state index is -0.863. The van der Waals surface area contributed by atoms with Crippen molar-refractivity contribution in [1.29, 1.82) is 0 Å². The van der Waals surface area contributed by atoms with Gasteiger partial charge in [-0.1, -0.05) is 26.2 Å². The molecule has 0 saturated heterocycles. The number of hydrogen-bond acceptors (Lipinski definition) is 2. The molecule has 2 rings (SSSR count). The van der Waals surface area contributed by atoms with Crippen LogP contribution >= 0.6 is 0 Å². The first-order valence-electron chi connectivity index (χ1n) is 7.68. The Morgan fingerprint density at radius 3 is 2.45 bits per heavy atom. The van der Waals surface area contributed by atoms with Crippen molar-refractivity contribution >= 4 is 11.7 Å². The molecule has 1 saturated carbocycles. The molecule has 1 aromatic rings. The highest BCUT2D eigenvalue weighted by atomic mass is 16.4. The van der Waals surface area contributed by atoms with Crippen molar-refractivity contribution in [2.24, 2.45) is 11.8 Å². The van der Waals surface area contributed by atoms with Crippen molar-refractivity contribution in [2.45, 2.75) is 46.0 Å². The molecular formula is C17H25NO2. The van der Waals surface area contributed by atoms with Crippen LogP contribution in [0, 0.1) is 18.8 Å². The lowest BCUT2D eigenvalue weighted by Gasteiger charge is -2.28. The maximum Gasteiger partial charge on any atom is 0.335 e. The second-order valence-corrected chi connectivity index (χ2v) is 6.01. The van der Waals surface area contributed by atoms with Gasteiger partial charge in [-0.25, -0.2) is 4.79 Å². The van der Waals surface area contributed by atoms with Crippen molar-refractivity contribution in [3.05, 3.63) is 29.3 Å². The summed E-state index contributed by atoms with van der Waals surface area (Å²) in [4.78, 5) is 10.9. The van der Waals surface area contributed by atoms with Crippen molar-refractivity contribution in [3.8, 4) is 0 Å². The Morgan fingerprint density at radius 2 is 1.90 bits per heavy atom. The van der Waals surface area contributed by atoms with Crippen LogP contribution in [0.1, 0.15) is 54.9 Å². The molecule has 1 aliphatic carbocycles. The van der Waals surface area contributed by atoms with Gasteiger partial charge in [-0.2, -0.15) is 0 Å². The third-order valence-electron chi connectivity index (χ3n) is 4.60. The predicted octanol–water partition coefficient (Wildman–Crippen LogP) is 4.32. The fraction of sp³-hybridized carbons (Fsp3) is 0.588. The number of benzene rings is 1. The van der Waals surface area contributed by atoms with Crippen LogP contribution in [0.3, 0.4) is 0 Å². The Labute approximate surface area is 121 Å². The Hall–Kier alpha value is -1.51. The fourth-order valence-corrected chi connectivity index (χ4v) is 3.09. The number of carboxylic acid groups (broad SMARTS) is 1. The molecule has 1 aromatic carbocycles. The van der Waals surface area contributed by atoms with Crippen LogP contribution < -0.4 is 5.32 Å². The number of aromatic carboxylic acids is 1. The van der Waals surface area contributed by atoms with Crippen LogP contribution in [0.25, 0.3) is 0 Å². The van der Waals surface area contributed by atoms with Gasteiger partial charge in [0.1, 0.15) is 0 Å². The zero-order chi connectivity index (χ0) is 14.5. The van der Waals surface area contributed by atoms with Gasteiger partial charge >= 0.3 is 5.97 Å². The van der Waals surface area contributed by atoms with Crippen LogP contribution in [0.5, 0.6) is 0 Å². The van der Waals surface area contributed by atoms with Gasteiger partial charge in [-0.3, -0.25) is 0 Å². The Balaban J connectivity index is 1.87. The third-order valence-corrected chi connectivity index (χ3v) is 4.60. The summed E-state index contributed by atoms with van der Waals surface area (Å²) in [5.41, 5.74) is 2.43. The molecule has 0 unspecified atom stereocenters. The van der Waals surface area contributed by atoms with Crippen molar-refractivity contribution in [3.63, 3.8) is 0 Å². The van der Waals surface area contributed by atoms with E-state index >= 15 is 0 Å². The fourth-order valence-electron chi connectivity index (χ4n) is 3.09. The van der Waals surface area contributed by atoms with E-state index in [-0.39, 0.29) is 0 Å². The first kappa shape index (κ1) is 14.9. The van der Waals surface area contributed by atoms with Crippen LogP contribution in [0.2, 0.25) is 0 Å². The van der Waals surface area contributed by atoms with Gasteiger partial charge in [0.15, 0.2) is 0 Å². The average molecular weight is 275 g/mol. The average Bonchev–Trinajstić information content (AvgIpc) is 2.46. The number of nitrogens with one attached hydrogen (secondary N) is 1. The van der Waals surface area contributed by atoms with E-state index < -0.39 is 5.97 Å². The highest BCUT2D eigenvalue weighted by Crippen LogP contribution is 2.31. The first-order chi connectivity index (χ1) is 9.60. The van der Waals surface area contributed by atoms with E-state index in [2.05, 4.69) is 12.2 Å². The molecule has 3 nitrogen and oxygen atoms in total. The van der Waals surface area contributed by atoms with Crippen LogP contribution in [0.4, 0.5) is 5.69 Å². The number of carboxylic acids is 1. The summed E-state index contributed by atoms with van der Waals surface area (Å²) in [6.45, 7) is 5.25. The minimum Gasteiger partial charge on any atom is -0.478 e. The van der Waals surface area contributed by atoms with Gasteiger partial charge in [0, 0.05) is 12.2 Å². The third kappa shape index (κ3) is 3.75. The number of carbonyl (C=O) groups is 1. The Morgan fingerprint density at radius 1 is 1.25 bits per heavy atom. The topological polar surface area (TPSA) is 49.3 Å². The summed E-state index contributed by atoms with van der Waals surface area (Å²) < 4.78 is 0. The standard InChI is InChI=1S/C17H25NO2/c1-3-13-4-6-14(7-5-13)11-18-16-9-8-15(17(19)20)10-12(16)2/h8-10,13-14,18H,3-7,11H2,1-2H3,(H,19,20). The van der Waals surface area contributed by atoms with Gasteiger partial charge in [-0.05, 0) is 55.4 Å². The molecular weight excluding hydrogens is 250 g/mol. The summed E-state index contributed by atoms with van der Waals surface area (Å²) in [6, 6.07) is 5.29. The highest BCUT2D eigenvalue weighted by Gasteiger charge is 2.19.